The summed E-state index contributed by atoms with van der Waals surface area (Å²) < 4.78 is 10.9. The summed E-state index contributed by atoms with van der Waals surface area (Å²) in [5, 5.41) is 5.14. The van der Waals surface area contributed by atoms with Crippen molar-refractivity contribution in [1.29, 1.82) is 0 Å². The minimum absolute atomic E-state index is 0. The molecule has 5 nitrogen and oxygen atoms in total. The van der Waals surface area contributed by atoms with Crippen molar-refractivity contribution >= 4 is 56.0 Å². The van der Waals surface area contributed by atoms with E-state index >= 15 is 0 Å². The van der Waals surface area contributed by atoms with Crippen LogP contribution in [0.15, 0.2) is 73.2 Å². The highest BCUT2D eigenvalue weighted by atomic mass is 35.5. The SMILES string of the molecule is CCn1c2cc(OCCCCCCn3c4ccccc4c4ccncc43)ccc2c2ccnc(C)c21.Cl. The average molecular weight is 513 g/mol. The van der Waals surface area contributed by atoms with Gasteiger partial charge in [0.15, 0.2) is 0 Å². The summed E-state index contributed by atoms with van der Waals surface area (Å²) in [4.78, 5) is 8.88. The molecule has 0 fully saturated rings. The second kappa shape index (κ2) is 10.8. The molecule has 0 spiro atoms. The summed E-state index contributed by atoms with van der Waals surface area (Å²) in [5.74, 6) is 0.948. The van der Waals surface area contributed by atoms with Crippen LogP contribution in [0.3, 0.4) is 0 Å². The van der Waals surface area contributed by atoms with Gasteiger partial charge in [0.1, 0.15) is 5.75 Å². The van der Waals surface area contributed by atoms with Gasteiger partial charge in [-0.15, -0.1) is 12.4 Å². The molecule has 4 aromatic heterocycles. The lowest BCUT2D eigenvalue weighted by atomic mass is 10.1. The van der Waals surface area contributed by atoms with E-state index in [1.165, 1.54) is 50.0 Å². The molecule has 6 heteroatoms. The monoisotopic (exact) mass is 512 g/mol. The lowest BCUT2D eigenvalue weighted by molar-refractivity contribution is 0.304. The molecular weight excluding hydrogens is 480 g/mol. The maximum absolute atomic E-state index is 6.17. The van der Waals surface area contributed by atoms with Crippen LogP contribution in [0.2, 0.25) is 0 Å². The number of pyridine rings is 2. The molecule has 6 aromatic rings. The summed E-state index contributed by atoms with van der Waals surface area (Å²) in [5.41, 5.74) is 6.06. The first-order valence-electron chi connectivity index (χ1n) is 13.1. The Morgan fingerprint density at radius 1 is 0.757 bits per heavy atom. The number of hydrogen-bond acceptors (Lipinski definition) is 3. The maximum Gasteiger partial charge on any atom is 0.121 e. The zero-order chi connectivity index (χ0) is 24.5. The van der Waals surface area contributed by atoms with E-state index in [0.29, 0.717) is 0 Å². The largest absolute Gasteiger partial charge is 0.494 e. The first-order chi connectivity index (χ1) is 17.8. The summed E-state index contributed by atoms with van der Waals surface area (Å²) in [6, 6.07) is 19.4. The van der Waals surface area contributed by atoms with Gasteiger partial charge in [0.2, 0.25) is 0 Å². The molecule has 0 radical (unpaired) electrons. The molecule has 0 saturated heterocycles. The number of nitrogens with zero attached hydrogens (tertiary/aromatic N) is 4. The van der Waals surface area contributed by atoms with Crippen molar-refractivity contribution in [2.75, 3.05) is 6.61 Å². The van der Waals surface area contributed by atoms with Crippen molar-refractivity contribution in [1.82, 2.24) is 19.1 Å². The minimum atomic E-state index is 0. The van der Waals surface area contributed by atoms with Crippen LogP contribution in [-0.2, 0) is 13.1 Å². The van der Waals surface area contributed by atoms with Gasteiger partial charge in [0, 0.05) is 58.6 Å². The molecule has 0 aliphatic carbocycles. The van der Waals surface area contributed by atoms with Gasteiger partial charge in [0.05, 0.1) is 35.0 Å². The zero-order valence-electron chi connectivity index (χ0n) is 21.5. The van der Waals surface area contributed by atoms with E-state index in [1.54, 1.807) is 0 Å². The highest BCUT2D eigenvalue weighted by Gasteiger charge is 2.13. The van der Waals surface area contributed by atoms with E-state index in [4.69, 9.17) is 4.74 Å². The van der Waals surface area contributed by atoms with Gasteiger partial charge in [-0.2, -0.15) is 0 Å². The number of aromatic nitrogens is 4. The molecule has 0 saturated carbocycles. The molecule has 0 N–H and O–H groups in total. The fourth-order valence-corrected chi connectivity index (χ4v) is 5.67. The molecule has 0 bridgehead atoms. The van der Waals surface area contributed by atoms with Crippen molar-refractivity contribution in [2.45, 2.75) is 52.6 Å². The number of benzene rings is 2. The van der Waals surface area contributed by atoms with Gasteiger partial charge in [-0.05, 0) is 57.0 Å². The molecule has 6 rings (SSSR count). The molecule has 0 atom stereocenters. The molecule has 190 valence electrons. The number of ether oxygens (including phenoxy) is 1. The van der Waals surface area contributed by atoms with Crippen LogP contribution < -0.4 is 4.74 Å². The van der Waals surface area contributed by atoms with Gasteiger partial charge < -0.3 is 13.9 Å². The smallest absolute Gasteiger partial charge is 0.121 e. The summed E-state index contributed by atoms with van der Waals surface area (Å²) in [6.45, 7) is 6.95. The highest BCUT2D eigenvalue weighted by molar-refractivity contribution is 6.09. The number of fused-ring (bicyclic) bond motifs is 6. The highest BCUT2D eigenvalue weighted by Crippen LogP contribution is 2.33. The Bertz CT molecular complexity index is 1630. The van der Waals surface area contributed by atoms with Crippen molar-refractivity contribution in [3.8, 4) is 5.75 Å². The molecule has 2 aromatic carbocycles. The molecule has 37 heavy (non-hydrogen) atoms. The summed E-state index contributed by atoms with van der Waals surface area (Å²) in [7, 11) is 0. The third kappa shape index (κ3) is 4.53. The van der Waals surface area contributed by atoms with E-state index in [9.17, 15) is 0 Å². The number of hydrogen-bond donors (Lipinski definition) is 0. The van der Waals surface area contributed by atoms with Crippen molar-refractivity contribution in [2.24, 2.45) is 0 Å². The van der Waals surface area contributed by atoms with Crippen LogP contribution in [0.25, 0.3) is 43.6 Å². The van der Waals surface area contributed by atoms with Gasteiger partial charge >= 0.3 is 0 Å². The van der Waals surface area contributed by atoms with Crippen molar-refractivity contribution in [3.05, 3.63) is 78.9 Å². The normalized spacial score (nSPS) is 11.5. The van der Waals surface area contributed by atoms with E-state index in [2.05, 4.69) is 87.5 Å². The Balaban J connectivity index is 0.00000280. The molecule has 4 heterocycles. The van der Waals surface area contributed by atoms with Crippen LogP contribution in [0.5, 0.6) is 5.75 Å². The van der Waals surface area contributed by atoms with E-state index in [0.717, 1.165) is 50.4 Å². The van der Waals surface area contributed by atoms with Crippen LogP contribution in [-0.4, -0.2) is 25.7 Å². The van der Waals surface area contributed by atoms with E-state index < -0.39 is 0 Å². The van der Waals surface area contributed by atoms with Crippen LogP contribution in [0, 0.1) is 6.92 Å². The quantitative estimate of drug-likeness (QED) is 0.184. The summed E-state index contributed by atoms with van der Waals surface area (Å²) in [6.07, 6.45) is 10.3. The van der Waals surface area contributed by atoms with Gasteiger partial charge in [-0.1, -0.05) is 31.0 Å². The van der Waals surface area contributed by atoms with Gasteiger partial charge in [-0.25, -0.2) is 0 Å². The Labute approximate surface area is 223 Å². The second-order valence-electron chi connectivity index (χ2n) is 9.54. The third-order valence-corrected chi connectivity index (χ3v) is 7.36. The zero-order valence-corrected chi connectivity index (χ0v) is 22.3. The standard InChI is InChI=1S/C31H32N4O.ClH/c1-3-34-29-20-23(12-13-25(29)27-15-17-33-22(2)31(27)34)36-19-9-5-4-8-18-35-28-11-7-6-10-24(28)26-14-16-32-21-30(26)35;/h6-7,10-17,20-21H,3-5,8-9,18-19H2,1-2H3;1H. The lowest BCUT2D eigenvalue weighted by Crippen LogP contribution is -2.00. The number of rotatable bonds is 9. The van der Waals surface area contributed by atoms with Crippen molar-refractivity contribution in [3.63, 3.8) is 0 Å². The predicted molar refractivity (Wildman–Crippen MR) is 156 cm³/mol. The fraction of sp³-hybridized carbons (Fsp3) is 0.290. The number of para-hydroxylation sites is 1. The molecule has 0 aliphatic rings. The first kappa shape index (κ1) is 25.1. The first-order valence-corrected chi connectivity index (χ1v) is 13.1. The molecular formula is C31H33ClN4O. The van der Waals surface area contributed by atoms with Crippen LogP contribution in [0.1, 0.15) is 38.3 Å². The maximum atomic E-state index is 6.17. The van der Waals surface area contributed by atoms with Crippen LogP contribution >= 0.6 is 12.4 Å². The third-order valence-electron chi connectivity index (χ3n) is 7.36. The number of halogens is 1. The van der Waals surface area contributed by atoms with Gasteiger partial charge in [0.25, 0.3) is 0 Å². The summed E-state index contributed by atoms with van der Waals surface area (Å²) >= 11 is 0. The number of aryl methyl sites for hydroxylation is 3. The van der Waals surface area contributed by atoms with Gasteiger partial charge in [-0.3, -0.25) is 9.97 Å². The Morgan fingerprint density at radius 2 is 1.54 bits per heavy atom. The Morgan fingerprint density at radius 3 is 2.43 bits per heavy atom. The predicted octanol–water partition coefficient (Wildman–Crippen LogP) is 8.08. The van der Waals surface area contributed by atoms with Crippen molar-refractivity contribution < 1.29 is 4.74 Å². The molecule has 0 aliphatic heterocycles. The van der Waals surface area contributed by atoms with Crippen LogP contribution in [0.4, 0.5) is 0 Å². The fourth-order valence-electron chi connectivity index (χ4n) is 5.67. The topological polar surface area (TPSA) is 44.9 Å². The Hall–Kier alpha value is -3.57. The molecule has 0 unspecified atom stereocenters. The average Bonchev–Trinajstić information content (AvgIpc) is 3.41. The lowest BCUT2D eigenvalue weighted by Gasteiger charge is -2.09. The van der Waals surface area contributed by atoms with E-state index in [-0.39, 0.29) is 12.4 Å². The molecule has 0 amide bonds. The second-order valence-corrected chi connectivity index (χ2v) is 9.54. The Kier molecular flexibility index (Phi) is 7.33. The number of unbranched alkanes of at least 4 members (excludes halogenated alkanes) is 3. The minimum Gasteiger partial charge on any atom is -0.494 e. The van der Waals surface area contributed by atoms with E-state index in [1.807, 2.05) is 18.6 Å².